The first-order valence-corrected chi connectivity index (χ1v) is 8.78. The number of hydrogen-bond acceptors (Lipinski definition) is 2. The highest BCUT2D eigenvalue weighted by molar-refractivity contribution is 5.96. The topological polar surface area (TPSA) is 32.8 Å². The van der Waals surface area contributed by atoms with E-state index in [4.69, 9.17) is 4.74 Å². The molecule has 2 atom stereocenters. The third-order valence-corrected chi connectivity index (χ3v) is 5.04. The molecule has 2 aromatic rings. The molecule has 0 N–H and O–H groups in total. The van der Waals surface area contributed by atoms with Gasteiger partial charge in [-0.15, -0.1) is 0 Å². The minimum atomic E-state index is -0.155. The van der Waals surface area contributed by atoms with E-state index in [1.165, 1.54) is 0 Å². The SMILES string of the molecule is CC[C@@H]1COC2=C(C)[C@@H](c3ccccc3)N(c3ccccc3)C(=O)N21. The Bertz CT molecular complexity index is 801. The molecule has 2 aliphatic rings. The van der Waals surface area contributed by atoms with Gasteiger partial charge in [-0.3, -0.25) is 9.80 Å². The molecular weight excluding hydrogens is 312 g/mol. The van der Waals surface area contributed by atoms with Crippen molar-refractivity contribution in [2.75, 3.05) is 11.5 Å². The van der Waals surface area contributed by atoms with Crippen molar-refractivity contribution in [3.05, 3.63) is 77.7 Å². The van der Waals surface area contributed by atoms with E-state index < -0.39 is 0 Å². The maximum absolute atomic E-state index is 13.4. The number of urea groups is 1. The normalized spacial score (nSPS) is 22.9. The van der Waals surface area contributed by atoms with E-state index >= 15 is 0 Å². The molecule has 4 rings (SSSR count). The van der Waals surface area contributed by atoms with Crippen LogP contribution in [0.2, 0.25) is 0 Å². The first kappa shape index (κ1) is 15.8. The molecule has 4 heteroatoms. The standard InChI is InChI=1S/C21H22N2O2/c1-3-17-14-25-20-15(2)19(16-10-6-4-7-11-16)22(21(24)23(17)20)18-12-8-5-9-13-18/h4-13,17,19H,3,14H2,1-2H3/t17-,19+/m1/s1. The van der Waals surface area contributed by atoms with Gasteiger partial charge in [-0.05, 0) is 31.0 Å². The van der Waals surface area contributed by atoms with Gasteiger partial charge in [0.25, 0.3) is 0 Å². The van der Waals surface area contributed by atoms with E-state index in [9.17, 15) is 4.79 Å². The number of fused-ring (bicyclic) bond motifs is 1. The predicted molar refractivity (Wildman–Crippen MR) is 98.1 cm³/mol. The quantitative estimate of drug-likeness (QED) is 0.814. The smallest absolute Gasteiger partial charge is 0.332 e. The van der Waals surface area contributed by atoms with E-state index in [1.54, 1.807) is 0 Å². The van der Waals surface area contributed by atoms with Gasteiger partial charge in [-0.1, -0.05) is 55.5 Å². The fourth-order valence-electron chi connectivity index (χ4n) is 3.75. The van der Waals surface area contributed by atoms with Crippen LogP contribution in [-0.2, 0) is 4.74 Å². The molecule has 0 saturated carbocycles. The zero-order valence-electron chi connectivity index (χ0n) is 14.6. The van der Waals surface area contributed by atoms with E-state index in [-0.39, 0.29) is 18.1 Å². The highest BCUT2D eigenvalue weighted by Crippen LogP contribution is 2.43. The highest BCUT2D eigenvalue weighted by Gasteiger charge is 2.46. The number of nitrogens with zero attached hydrogens (tertiary/aromatic N) is 2. The van der Waals surface area contributed by atoms with Crippen LogP contribution in [0.3, 0.4) is 0 Å². The van der Waals surface area contributed by atoms with Crippen molar-refractivity contribution in [3.63, 3.8) is 0 Å². The largest absolute Gasteiger partial charge is 0.476 e. The average Bonchev–Trinajstić information content (AvgIpc) is 3.10. The number of anilines is 1. The van der Waals surface area contributed by atoms with E-state index in [1.807, 2.05) is 58.3 Å². The van der Waals surface area contributed by atoms with E-state index in [0.29, 0.717) is 6.61 Å². The number of para-hydroxylation sites is 1. The van der Waals surface area contributed by atoms with Crippen molar-refractivity contribution in [1.82, 2.24) is 4.90 Å². The van der Waals surface area contributed by atoms with Crippen LogP contribution in [-0.4, -0.2) is 23.6 Å². The fourth-order valence-corrected chi connectivity index (χ4v) is 3.75. The van der Waals surface area contributed by atoms with Crippen molar-refractivity contribution in [3.8, 4) is 0 Å². The molecule has 1 fully saturated rings. The van der Waals surface area contributed by atoms with Crippen molar-refractivity contribution in [1.29, 1.82) is 0 Å². The number of benzene rings is 2. The molecule has 2 amide bonds. The summed E-state index contributed by atoms with van der Waals surface area (Å²) in [5.41, 5.74) is 3.07. The van der Waals surface area contributed by atoms with Crippen LogP contribution in [0.15, 0.2) is 72.1 Å². The molecule has 2 aromatic carbocycles. The van der Waals surface area contributed by atoms with Crippen LogP contribution in [0, 0.1) is 0 Å². The highest BCUT2D eigenvalue weighted by atomic mass is 16.5. The second kappa shape index (κ2) is 6.28. The number of ether oxygens (including phenoxy) is 1. The summed E-state index contributed by atoms with van der Waals surface area (Å²) in [7, 11) is 0. The molecule has 2 heterocycles. The predicted octanol–water partition coefficient (Wildman–Crippen LogP) is 4.71. The first-order chi connectivity index (χ1) is 12.2. The molecule has 0 aliphatic carbocycles. The van der Waals surface area contributed by atoms with Gasteiger partial charge in [0.2, 0.25) is 0 Å². The molecule has 128 valence electrons. The Labute approximate surface area is 148 Å². The summed E-state index contributed by atoms with van der Waals surface area (Å²) in [5.74, 6) is 0.734. The lowest BCUT2D eigenvalue weighted by Gasteiger charge is -2.41. The maximum atomic E-state index is 13.4. The summed E-state index contributed by atoms with van der Waals surface area (Å²) < 4.78 is 5.94. The Balaban J connectivity index is 1.89. The molecule has 0 bridgehead atoms. The van der Waals surface area contributed by atoms with Gasteiger partial charge < -0.3 is 4.74 Å². The maximum Gasteiger partial charge on any atom is 0.332 e. The minimum Gasteiger partial charge on any atom is -0.476 e. The Hall–Kier alpha value is -2.75. The van der Waals surface area contributed by atoms with Crippen LogP contribution < -0.4 is 4.90 Å². The summed E-state index contributed by atoms with van der Waals surface area (Å²) >= 11 is 0. The average molecular weight is 334 g/mol. The van der Waals surface area contributed by atoms with Gasteiger partial charge in [0.05, 0.1) is 12.1 Å². The number of carbonyl (C=O) groups excluding carboxylic acids is 1. The molecule has 0 aromatic heterocycles. The number of rotatable bonds is 3. The first-order valence-electron chi connectivity index (χ1n) is 8.78. The van der Waals surface area contributed by atoms with Gasteiger partial charge in [-0.25, -0.2) is 4.79 Å². The van der Waals surface area contributed by atoms with Crippen molar-refractivity contribution < 1.29 is 9.53 Å². The van der Waals surface area contributed by atoms with Crippen molar-refractivity contribution >= 4 is 11.7 Å². The molecule has 0 unspecified atom stereocenters. The third-order valence-electron chi connectivity index (χ3n) is 5.04. The number of hydrogen-bond donors (Lipinski definition) is 0. The lowest BCUT2D eigenvalue weighted by Crippen LogP contribution is -2.51. The molecule has 0 radical (unpaired) electrons. The lowest BCUT2D eigenvalue weighted by atomic mass is 9.95. The minimum absolute atomic E-state index is 0.00926. The molecule has 4 nitrogen and oxygen atoms in total. The van der Waals surface area contributed by atoms with Crippen molar-refractivity contribution in [2.24, 2.45) is 0 Å². The Morgan fingerprint density at radius 1 is 1.00 bits per heavy atom. The lowest BCUT2D eigenvalue weighted by molar-refractivity contribution is 0.190. The summed E-state index contributed by atoms with van der Waals surface area (Å²) in [4.78, 5) is 17.2. The monoisotopic (exact) mass is 334 g/mol. The second-order valence-electron chi connectivity index (χ2n) is 6.53. The zero-order valence-corrected chi connectivity index (χ0v) is 14.6. The molecule has 1 saturated heterocycles. The Morgan fingerprint density at radius 3 is 2.28 bits per heavy atom. The zero-order chi connectivity index (χ0) is 17.4. The number of amides is 2. The van der Waals surface area contributed by atoms with E-state index in [0.717, 1.165) is 29.1 Å². The van der Waals surface area contributed by atoms with Crippen LogP contribution >= 0.6 is 0 Å². The summed E-state index contributed by atoms with van der Waals surface area (Å²) in [6.45, 7) is 4.73. The third kappa shape index (κ3) is 2.49. The Kier molecular flexibility index (Phi) is 3.96. The fraction of sp³-hybridized carbons (Fsp3) is 0.286. The van der Waals surface area contributed by atoms with Crippen LogP contribution in [0.1, 0.15) is 31.9 Å². The van der Waals surface area contributed by atoms with Crippen LogP contribution in [0.25, 0.3) is 0 Å². The van der Waals surface area contributed by atoms with Gasteiger partial charge in [0.15, 0.2) is 5.88 Å². The Morgan fingerprint density at radius 2 is 1.64 bits per heavy atom. The van der Waals surface area contributed by atoms with Gasteiger partial charge in [0.1, 0.15) is 6.61 Å². The summed E-state index contributed by atoms with van der Waals surface area (Å²) in [5, 5.41) is 0. The molecule has 25 heavy (non-hydrogen) atoms. The van der Waals surface area contributed by atoms with Gasteiger partial charge >= 0.3 is 6.03 Å². The number of carbonyl (C=O) groups is 1. The van der Waals surface area contributed by atoms with Crippen molar-refractivity contribution in [2.45, 2.75) is 32.4 Å². The van der Waals surface area contributed by atoms with E-state index in [2.05, 4.69) is 26.0 Å². The second-order valence-corrected chi connectivity index (χ2v) is 6.53. The summed E-state index contributed by atoms with van der Waals surface area (Å²) in [6.07, 6.45) is 0.876. The van der Waals surface area contributed by atoms with Crippen LogP contribution in [0.5, 0.6) is 0 Å². The summed E-state index contributed by atoms with van der Waals surface area (Å²) in [6, 6.07) is 20.0. The molecular formula is C21H22N2O2. The van der Waals surface area contributed by atoms with Gasteiger partial charge in [-0.2, -0.15) is 0 Å². The molecule has 2 aliphatic heterocycles. The van der Waals surface area contributed by atoms with Gasteiger partial charge in [0, 0.05) is 11.3 Å². The van der Waals surface area contributed by atoms with Crippen LogP contribution in [0.4, 0.5) is 10.5 Å². The molecule has 0 spiro atoms.